The summed E-state index contributed by atoms with van der Waals surface area (Å²) in [4.78, 5) is 14.5. The molecule has 0 unspecified atom stereocenters. The van der Waals surface area contributed by atoms with Crippen LogP contribution in [-0.2, 0) is 0 Å². The molecule has 7 heteroatoms. The molecule has 1 aliphatic heterocycles. The molecular formula is C23H26FN4O2+. The van der Waals surface area contributed by atoms with Crippen molar-refractivity contribution in [1.82, 2.24) is 15.1 Å². The number of carbonyl (C=O) groups is 1. The minimum absolute atomic E-state index is 0.176. The maximum atomic E-state index is 13.3. The minimum Gasteiger partial charge on any atom is -0.497 e. The number of halogens is 1. The number of methoxy groups -OCH3 is 1. The zero-order valence-corrected chi connectivity index (χ0v) is 17.0. The Kier molecular flexibility index (Phi) is 6.09. The van der Waals surface area contributed by atoms with Crippen molar-refractivity contribution in [3.05, 3.63) is 66.1 Å². The van der Waals surface area contributed by atoms with Crippen LogP contribution in [0.4, 0.5) is 4.39 Å². The molecule has 1 amide bonds. The second-order valence-corrected chi connectivity index (χ2v) is 7.49. The van der Waals surface area contributed by atoms with E-state index in [0.29, 0.717) is 17.9 Å². The minimum atomic E-state index is -0.310. The van der Waals surface area contributed by atoms with Crippen molar-refractivity contribution in [1.29, 1.82) is 0 Å². The molecule has 30 heavy (non-hydrogen) atoms. The number of benzene rings is 2. The number of hydrogen-bond acceptors (Lipinski definition) is 3. The number of amides is 1. The number of rotatable bonds is 7. The Labute approximate surface area is 175 Å². The maximum Gasteiger partial charge on any atom is 0.270 e. The molecule has 0 aliphatic carbocycles. The van der Waals surface area contributed by atoms with Crippen molar-refractivity contribution in [2.75, 3.05) is 33.3 Å². The second kappa shape index (κ2) is 9.09. The number of ether oxygens (including phenoxy) is 1. The van der Waals surface area contributed by atoms with E-state index in [9.17, 15) is 9.18 Å². The first-order valence-corrected chi connectivity index (χ1v) is 10.3. The third-order valence-electron chi connectivity index (χ3n) is 5.47. The van der Waals surface area contributed by atoms with E-state index in [1.165, 1.54) is 43.0 Å². The summed E-state index contributed by atoms with van der Waals surface area (Å²) in [6.45, 7) is 3.89. The van der Waals surface area contributed by atoms with Crippen LogP contribution in [0.1, 0.15) is 23.3 Å². The zero-order valence-electron chi connectivity index (χ0n) is 17.0. The third-order valence-corrected chi connectivity index (χ3v) is 5.47. The lowest BCUT2D eigenvalue weighted by molar-refractivity contribution is -0.886. The number of carbonyl (C=O) groups excluding carboxylic acids is 1. The second-order valence-electron chi connectivity index (χ2n) is 7.49. The molecule has 3 aromatic rings. The van der Waals surface area contributed by atoms with Crippen LogP contribution in [0.3, 0.4) is 0 Å². The molecule has 156 valence electrons. The van der Waals surface area contributed by atoms with Gasteiger partial charge in [-0.3, -0.25) is 4.79 Å². The highest BCUT2D eigenvalue weighted by Gasteiger charge is 2.19. The molecule has 2 N–H and O–H groups in total. The van der Waals surface area contributed by atoms with Gasteiger partial charge in [-0.25, -0.2) is 9.07 Å². The number of quaternary nitrogens is 1. The first kappa shape index (κ1) is 20.1. The standard InChI is InChI=1S/C23H25FN4O2/c1-30-20-10-8-19(9-11-20)28-22(23(29)25-12-15-27-13-2-3-14-27)16-21(26-28)17-4-6-18(24)7-5-17/h4-11,16H,2-3,12-15H2,1H3,(H,25,29)/p+1. The van der Waals surface area contributed by atoms with Crippen LogP contribution in [0, 0.1) is 5.82 Å². The van der Waals surface area contributed by atoms with Gasteiger partial charge in [0.25, 0.3) is 5.91 Å². The molecule has 0 saturated carbocycles. The normalized spacial score (nSPS) is 14.1. The Hall–Kier alpha value is -3.19. The molecule has 1 fully saturated rings. The fraction of sp³-hybridized carbons (Fsp3) is 0.304. The summed E-state index contributed by atoms with van der Waals surface area (Å²) in [5.74, 6) is 0.241. The fourth-order valence-corrected chi connectivity index (χ4v) is 3.79. The lowest BCUT2D eigenvalue weighted by Crippen LogP contribution is -3.10. The van der Waals surface area contributed by atoms with Gasteiger partial charge < -0.3 is 15.0 Å². The molecule has 0 spiro atoms. The molecule has 1 aromatic heterocycles. The van der Waals surface area contributed by atoms with E-state index < -0.39 is 0 Å². The highest BCUT2D eigenvalue weighted by atomic mass is 19.1. The lowest BCUT2D eigenvalue weighted by atomic mass is 10.1. The molecular weight excluding hydrogens is 383 g/mol. The molecule has 6 nitrogen and oxygen atoms in total. The largest absolute Gasteiger partial charge is 0.497 e. The summed E-state index contributed by atoms with van der Waals surface area (Å²) in [6, 6.07) is 15.2. The number of nitrogens with zero attached hydrogens (tertiary/aromatic N) is 2. The van der Waals surface area contributed by atoms with Gasteiger partial charge in [0.2, 0.25) is 0 Å². The summed E-state index contributed by atoms with van der Waals surface area (Å²) in [7, 11) is 1.61. The number of aromatic nitrogens is 2. The zero-order chi connectivity index (χ0) is 20.9. The Bertz CT molecular complexity index is 993. The quantitative estimate of drug-likeness (QED) is 0.628. The molecule has 0 bridgehead atoms. The van der Waals surface area contributed by atoms with Gasteiger partial charge in [-0.1, -0.05) is 0 Å². The van der Waals surface area contributed by atoms with E-state index in [4.69, 9.17) is 4.74 Å². The Balaban J connectivity index is 1.60. The highest BCUT2D eigenvalue weighted by molar-refractivity contribution is 5.94. The predicted octanol–water partition coefficient (Wildman–Crippen LogP) is 2.10. The van der Waals surface area contributed by atoms with Gasteiger partial charge in [0.05, 0.1) is 44.7 Å². The fourth-order valence-electron chi connectivity index (χ4n) is 3.79. The van der Waals surface area contributed by atoms with Crippen molar-refractivity contribution >= 4 is 5.91 Å². The number of hydrogen-bond donors (Lipinski definition) is 2. The van der Waals surface area contributed by atoms with Crippen molar-refractivity contribution in [2.24, 2.45) is 0 Å². The average Bonchev–Trinajstić information content (AvgIpc) is 3.44. The van der Waals surface area contributed by atoms with E-state index in [1.54, 1.807) is 30.0 Å². The first-order valence-electron chi connectivity index (χ1n) is 10.3. The summed E-state index contributed by atoms with van der Waals surface area (Å²) in [5, 5.41) is 7.66. The highest BCUT2D eigenvalue weighted by Crippen LogP contribution is 2.23. The van der Waals surface area contributed by atoms with Crippen LogP contribution in [0.2, 0.25) is 0 Å². The number of likely N-dealkylation sites (tertiary alicyclic amines) is 1. The van der Waals surface area contributed by atoms with E-state index >= 15 is 0 Å². The summed E-state index contributed by atoms with van der Waals surface area (Å²) >= 11 is 0. The topological polar surface area (TPSA) is 60.6 Å². The van der Waals surface area contributed by atoms with Gasteiger partial charge in [-0.2, -0.15) is 5.10 Å². The molecule has 1 saturated heterocycles. The lowest BCUT2D eigenvalue weighted by Gasteiger charge is -2.13. The van der Waals surface area contributed by atoms with Crippen molar-refractivity contribution < 1.29 is 18.8 Å². The Morgan fingerprint density at radius 1 is 1.13 bits per heavy atom. The van der Waals surface area contributed by atoms with Crippen LogP contribution in [0.15, 0.2) is 54.6 Å². The average molecular weight is 409 g/mol. The monoisotopic (exact) mass is 409 g/mol. The summed E-state index contributed by atoms with van der Waals surface area (Å²) in [6.07, 6.45) is 2.52. The van der Waals surface area contributed by atoms with Crippen LogP contribution in [0.25, 0.3) is 16.9 Å². The molecule has 1 aliphatic rings. The molecule has 2 aromatic carbocycles. The molecule has 2 heterocycles. The SMILES string of the molecule is COc1ccc(-n2nc(-c3ccc(F)cc3)cc2C(=O)NCC[NH+]2CCCC2)cc1. The van der Waals surface area contributed by atoms with Gasteiger partial charge >= 0.3 is 0 Å². The summed E-state index contributed by atoms with van der Waals surface area (Å²) < 4.78 is 20.2. The van der Waals surface area contributed by atoms with Crippen molar-refractivity contribution in [3.8, 4) is 22.7 Å². The van der Waals surface area contributed by atoms with Crippen LogP contribution in [-0.4, -0.2) is 49.0 Å². The van der Waals surface area contributed by atoms with E-state index in [-0.39, 0.29) is 11.7 Å². The van der Waals surface area contributed by atoms with Gasteiger partial charge in [-0.05, 0) is 54.6 Å². The van der Waals surface area contributed by atoms with Gasteiger partial charge in [0.15, 0.2) is 0 Å². The third kappa shape index (κ3) is 4.52. The van der Waals surface area contributed by atoms with E-state index in [1.807, 2.05) is 24.3 Å². The Morgan fingerprint density at radius 3 is 2.50 bits per heavy atom. The smallest absolute Gasteiger partial charge is 0.270 e. The maximum absolute atomic E-state index is 13.3. The van der Waals surface area contributed by atoms with E-state index in [2.05, 4.69) is 10.4 Å². The number of nitrogens with one attached hydrogen (secondary N) is 2. The van der Waals surface area contributed by atoms with Gasteiger partial charge in [-0.15, -0.1) is 0 Å². The molecule has 4 rings (SSSR count). The first-order chi connectivity index (χ1) is 14.6. The van der Waals surface area contributed by atoms with Gasteiger partial charge in [0.1, 0.15) is 17.3 Å². The predicted molar refractivity (Wildman–Crippen MR) is 113 cm³/mol. The summed E-state index contributed by atoms with van der Waals surface area (Å²) in [5.41, 5.74) is 2.55. The van der Waals surface area contributed by atoms with Crippen LogP contribution >= 0.6 is 0 Å². The van der Waals surface area contributed by atoms with Crippen molar-refractivity contribution in [2.45, 2.75) is 12.8 Å². The van der Waals surface area contributed by atoms with Crippen LogP contribution < -0.4 is 15.0 Å². The van der Waals surface area contributed by atoms with Crippen molar-refractivity contribution in [3.63, 3.8) is 0 Å². The van der Waals surface area contributed by atoms with Gasteiger partial charge in [0, 0.05) is 18.4 Å². The van der Waals surface area contributed by atoms with E-state index in [0.717, 1.165) is 23.5 Å². The molecule has 0 atom stereocenters. The Morgan fingerprint density at radius 2 is 1.83 bits per heavy atom. The molecule has 0 radical (unpaired) electrons. The van der Waals surface area contributed by atoms with Crippen LogP contribution in [0.5, 0.6) is 5.75 Å².